The number of tetrazole rings is 1. The standard InChI is InChI=1S/C14H25N5O4/c1-14(2,10-22-4)13(20)18-5-8-23-11(9-18)12-15-16-17-19(12)6-7-21-3/h11H,5-10H2,1-4H3/t11-/m1/s1. The fourth-order valence-corrected chi connectivity index (χ4v) is 2.62. The summed E-state index contributed by atoms with van der Waals surface area (Å²) >= 11 is 0. The predicted octanol–water partition coefficient (Wildman–Crippen LogP) is -0.108. The van der Waals surface area contributed by atoms with Gasteiger partial charge in [0.1, 0.15) is 6.10 Å². The Morgan fingerprint density at radius 1 is 1.39 bits per heavy atom. The first-order valence-electron chi connectivity index (χ1n) is 7.64. The quantitative estimate of drug-likeness (QED) is 0.690. The first-order chi connectivity index (χ1) is 11.0. The number of methoxy groups -OCH3 is 2. The molecule has 1 amide bonds. The summed E-state index contributed by atoms with van der Waals surface area (Å²) in [6, 6.07) is 0. The molecule has 1 aromatic rings. The molecule has 1 saturated heterocycles. The maximum atomic E-state index is 12.7. The van der Waals surface area contributed by atoms with Crippen molar-refractivity contribution in [2.75, 3.05) is 47.1 Å². The summed E-state index contributed by atoms with van der Waals surface area (Å²) in [4.78, 5) is 14.5. The predicted molar refractivity (Wildman–Crippen MR) is 80.6 cm³/mol. The Morgan fingerprint density at radius 2 is 2.17 bits per heavy atom. The number of carbonyl (C=O) groups is 1. The average molecular weight is 327 g/mol. The van der Waals surface area contributed by atoms with Crippen molar-refractivity contribution in [1.82, 2.24) is 25.1 Å². The molecule has 0 aliphatic carbocycles. The minimum absolute atomic E-state index is 0.0450. The van der Waals surface area contributed by atoms with Crippen molar-refractivity contribution in [3.63, 3.8) is 0 Å². The molecule has 0 saturated carbocycles. The number of hydrogen-bond donors (Lipinski definition) is 0. The Labute approximate surface area is 135 Å². The minimum Gasteiger partial charge on any atom is -0.384 e. The molecule has 2 heterocycles. The molecular formula is C14H25N5O4. The van der Waals surface area contributed by atoms with Gasteiger partial charge in [-0.15, -0.1) is 5.10 Å². The minimum atomic E-state index is -0.571. The molecule has 1 aliphatic rings. The highest BCUT2D eigenvalue weighted by atomic mass is 16.5. The summed E-state index contributed by atoms with van der Waals surface area (Å²) < 4.78 is 17.6. The number of rotatable bonds is 7. The van der Waals surface area contributed by atoms with Crippen LogP contribution in [0, 0.1) is 5.41 Å². The van der Waals surface area contributed by atoms with Crippen molar-refractivity contribution in [2.24, 2.45) is 5.41 Å². The molecular weight excluding hydrogens is 302 g/mol. The first kappa shape index (κ1) is 17.8. The highest BCUT2D eigenvalue weighted by Crippen LogP contribution is 2.25. The van der Waals surface area contributed by atoms with Crippen LogP contribution in [-0.2, 0) is 25.5 Å². The van der Waals surface area contributed by atoms with E-state index in [1.165, 1.54) is 0 Å². The second-order valence-electron chi connectivity index (χ2n) is 6.18. The van der Waals surface area contributed by atoms with Gasteiger partial charge >= 0.3 is 0 Å². The Balaban J connectivity index is 2.06. The number of nitrogens with zero attached hydrogens (tertiary/aromatic N) is 5. The largest absolute Gasteiger partial charge is 0.384 e. The smallest absolute Gasteiger partial charge is 0.230 e. The third kappa shape index (κ3) is 4.24. The molecule has 0 radical (unpaired) electrons. The van der Waals surface area contributed by atoms with Gasteiger partial charge in [0.25, 0.3) is 0 Å². The SMILES string of the molecule is COCCn1nnnc1[C@H]1CN(C(=O)C(C)(C)COC)CCO1. The van der Waals surface area contributed by atoms with Crippen LogP contribution in [0.5, 0.6) is 0 Å². The van der Waals surface area contributed by atoms with Gasteiger partial charge in [0, 0.05) is 20.8 Å². The van der Waals surface area contributed by atoms with Gasteiger partial charge in [-0.3, -0.25) is 4.79 Å². The molecule has 2 rings (SSSR count). The lowest BCUT2D eigenvalue weighted by atomic mass is 9.92. The van der Waals surface area contributed by atoms with Crippen molar-refractivity contribution in [2.45, 2.75) is 26.5 Å². The van der Waals surface area contributed by atoms with Gasteiger partial charge in [0.15, 0.2) is 5.82 Å². The van der Waals surface area contributed by atoms with Crippen LogP contribution in [0.15, 0.2) is 0 Å². The summed E-state index contributed by atoms with van der Waals surface area (Å²) in [7, 11) is 3.22. The van der Waals surface area contributed by atoms with Gasteiger partial charge in [-0.1, -0.05) is 0 Å². The molecule has 9 nitrogen and oxygen atoms in total. The zero-order chi connectivity index (χ0) is 16.9. The third-order valence-electron chi connectivity index (χ3n) is 3.79. The van der Waals surface area contributed by atoms with E-state index < -0.39 is 5.41 Å². The van der Waals surface area contributed by atoms with Crippen LogP contribution in [0.25, 0.3) is 0 Å². The molecule has 1 fully saturated rings. The number of amides is 1. The lowest BCUT2D eigenvalue weighted by Gasteiger charge is -2.36. The van der Waals surface area contributed by atoms with Crippen LogP contribution in [0.4, 0.5) is 0 Å². The van der Waals surface area contributed by atoms with Crippen LogP contribution in [0.1, 0.15) is 25.8 Å². The molecule has 23 heavy (non-hydrogen) atoms. The Bertz CT molecular complexity index is 519. The fourth-order valence-electron chi connectivity index (χ4n) is 2.62. The summed E-state index contributed by atoms with van der Waals surface area (Å²) in [6.45, 7) is 6.63. The monoisotopic (exact) mass is 327 g/mol. The van der Waals surface area contributed by atoms with E-state index in [-0.39, 0.29) is 12.0 Å². The molecule has 0 bridgehead atoms. The summed E-state index contributed by atoms with van der Waals surface area (Å²) in [5.41, 5.74) is -0.571. The molecule has 0 aromatic carbocycles. The Kier molecular flexibility index (Phi) is 6.03. The van der Waals surface area contributed by atoms with Gasteiger partial charge in [0.2, 0.25) is 5.91 Å². The highest BCUT2D eigenvalue weighted by molar-refractivity contribution is 5.82. The van der Waals surface area contributed by atoms with E-state index >= 15 is 0 Å². The van der Waals surface area contributed by atoms with Crippen molar-refractivity contribution in [1.29, 1.82) is 0 Å². The van der Waals surface area contributed by atoms with Crippen LogP contribution in [0.3, 0.4) is 0 Å². The van der Waals surface area contributed by atoms with E-state index in [0.29, 0.717) is 45.3 Å². The van der Waals surface area contributed by atoms with Gasteiger partial charge in [-0.05, 0) is 24.3 Å². The molecule has 0 N–H and O–H groups in total. The van der Waals surface area contributed by atoms with Crippen LogP contribution in [-0.4, -0.2) is 78.1 Å². The first-order valence-corrected chi connectivity index (χ1v) is 7.64. The third-order valence-corrected chi connectivity index (χ3v) is 3.79. The number of aromatic nitrogens is 4. The Morgan fingerprint density at radius 3 is 2.87 bits per heavy atom. The summed E-state index contributed by atoms with van der Waals surface area (Å²) in [5, 5.41) is 11.7. The average Bonchev–Trinajstić information content (AvgIpc) is 3.00. The molecule has 9 heteroatoms. The van der Waals surface area contributed by atoms with E-state index in [2.05, 4.69) is 15.5 Å². The van der Waals surface area contributed by atoms with Gasteiger partial charge < -0.3 is 19.1 Å². The molecule has 0 unspecified atom stereocenters. The van der Waals surface area contributed by atoms with Crippen molar-refractivity contribution >= 4 is 5.91 Å². The Hall–Kier alpha value is -1.58. The molecule has 1 aromatic heterocycles. The maximum absolute atomic E-state index is 12.7. The van der Waals surface area contributed by atoms with E-state index in [0.717, 1.165) is 0 Å². The molecule has 1 aliphatic heterocycles. The second kappa shape index (κ2) is 7.80. The van der Waals surface area contributed by atoms with Crippen molar-refractivity contribution in [3.05, 3.63) is 5.82 Å². The van der Waals surface area contributed by atoms with Crippen LogP contribution >= 0.6 is 0 Å². The number of morpholine rings is 1. The molecule has 0 spiro atoms. The fraction of sp³-hybridized carbons (Fsp3) is 0.857. The molecule has 130 valence electrons. The van der Waals surface area contributed by atoms with Crippen LogP contribution in [0.2, 0.25) is 0 Å². The summed E-state index contributed by atoms with van der Waals surface area (Å²) in [6.07, 6.45) is -0.335. The lowest BCUT2D eigenvalue weighted by molar-refractivity contribution is -0.151. The lowest BCUT2D eigenvalue weighted by Crippen LogP contribution is -2.49. The van der Waals surface area contributed by atoms with Gasteiger partial charge in [-0.2, -0.15) is 0 Å². The van der Waals surface area contributed by atoms with Crippen LogP contribution < -0.4 is 0 Å². The highest BCUT2D eigenvalue weighted by Gasteiger charge is 2.36. The number of ether oxygens (including phenoxy) is 3. The second-order valence-corrected chi connectivity index (χ2v) is 6.18. The van der Waals surface area contributed by atoms with E-state index in [1.807, 2.05) is 13.8 Å². The maximum Gasteiger partial charge on any atom is 0.230 e. The molecule has 1 atom stereocenters. The van der Waals surface area contributed by atoms with Crippen molar-refractivity contribution < 1.29 is 19.0 Å². The number of hydrogen-bond acceptors (Lipinski definition) is 7. The van der Waals surface area contributed by atoms with Gasteiger partial charge in [-0.25, -0.2) is 4.68 Å². The van der Waals surface area contributed by atoms with E-state index in [9.17, 15) is 4.79 Å². The normalized spacial score (nSPS) is 19.1. The topological polar surface area (TPSA) is 91.6 Å². The van der Waals surface area contributed by atoms with Gasteiger partial charge in [0.05, 0.1) is 38.3 Å². The number of carbonyl (C=O) groups excluding carboxylic acids is 1. The van der Waals surface area contributed by atoms with Crippen molar-refractivity contribution in [3.8, 4) is 0 Å². The van der Waals surface area contributed by atoms with E-state index in [1.54, 1.807) is 23.8 Å². The van der Waals surface area contributed by atoms with E-state index in [4.69, 9.17) is 14.2 Å². The summed E-state index contributed by atoms with van der Waals surface area (Å²) in [5.74, 6) is 0.660. The zero-order valence-corrected chi connectivity index (χ0v) is 14.2. The zero-order valence-electron chi connectivity index (χ0n) is 14.2.